The van der Waals surface area contributed by atoms with Gasteiger partial charge < -0.3 is 10.1 Å². The van der Waals surface area contributed by atoms with Gasteiger partial charge in [0.15, 0.2) is 5.82 Å². The minimum Gasteiger partial charge on any atom is -0.497 e. The maximum Gasteiger partial charge on any atom is 0.160 e. The molecule has 142 valence electrons. The molecule has 0 fully saturated rings. The Morgan fingerprint density at radius 3 is 2.62 bits per heavy atom. The lowest BCUT2D eigenvalue weighted by Crippen LogP contribution is -1.99. The molecular formula is C23H19N5O. The molecule has 2 aromatic heterocycles. The van der Waals surface area contributed by atoms with E-state index in [0.717, 1.165) is 50.4 Å². The van der Waals surface area contributed by atoms with Crippen LogP contribution in [0.2, 0.25) is 0 Å². The van der Waals surface area contributed by atoms with Crippen molar-refractivity contribution < 1.29 is 4.74 Å². The number of nitrogens with one attached hydrogen (secondary N) is 1. The standard InChI is InChI=1S/C23H19N5O/c1-15-19-8-3-4-9-20(19)23(27-26-15)25-16-10-11-22-21(12-16)24-14-28(22)17-6-5-7-18(13-17)29-2/h3-14H,1-2H3,(H,25,27). The van der Waals surface area contributed by atoms with Crippen LogP contribution in [-0.4, -0.2) is 26.9 Å². The van der Waals surface area contributed by atoms with Gasteiger partial charge in [-0.2, -0.15) is 5.10 Å². The van der Waals surface area contributed by atoms with Crippen molar-refractivity contribution in [3.8, 4) is 11.4 Å². The Morgan fingerprint density at radius 1 is 0.897 bits per heavy atom. The summed E-state index contributed by atoms with van der Waals surface area (Å²) in [5, 5.41) is 14.2. The highest BCUT2D eigenvalue weighted by Crippen LogP contribution is 2.28. The molecule has 5 aromatic rings. The topological polar surface area (TPSA) is 64.9 Å². The Hall–Kier alpha value is -3.93. The van der Waals surface area contributed by atoms with Gasteiger partial charge in [0, 0.05) is 22.5 Å². The van der Waals surface area contributed by atoms with Gasteiger partial charge in [-0.3, -0.25) is 4.57 Å². The Kier molecular flexibility index (Phi) is 4.09. The van der Waals surface area contributed by atoms with Gasteiger partial charge in [0.1, 0.15) is 12.1 Å². The van der Waals surface area contributed by atoms with Crippen molar-refractivity contribution in [2.75, 3.05) is 12.4 Å². The van der Waals surface area contributed by atoms with Crippen molar-refractivity contribution in [1.29, 1.82) is 0 Å². The number of nitrogens with zero attached hydrogens (tertiary/aromatic N) is 4. The van der Waals surface area contributed by atoms with E-state index in [9.17, 15) is 0 Å². The van der Waals surface area contributed by atoms with E-state index in [1.165, 1.54) is 0 Å². The number of benzene rings is 3. The van der Waals surface area contributed by atoms with E-state index in [1.807, 2.05) is 72.4 Å². The molecule has 0 aliphatic heterocycles. The van der Waals surface area contributed by atoms with E-state index in [-0.39, 0.29) is 0 Å². The van der Waals surface area contributed by atoms with Gasteiger partial charge in [0.2, 0.25) is 0 Å². The zero-order valence-electron chi connectivity index (χ0n) is 16.1. The Labute approximate surface area is 167 Å². The highest BCUT2D eigenvalue weighted by Gasteiger charge is 2.09. The molecule has 29 heavy (non-hydrogen) atoms. The quantitative estimate of drug-likeness (QED) is 0.473. The number of imidazole rings is 1. The van der Waals surface area contributed by atoms with Crippen molar-refractivity contribution >= 4 is 33.3 Å². The molecule has 0 saturated heterocycles. The van der Waals surface area contributed by atoms with Gasteiger partial charge in [0.25, 0.3) is 0 Å². The van der Waals surface area contributed by atoms with E-state index in [1.54, 1.807) is 7.11 Å². The highest BCUT2D eigenvalue weighted by molar-refractivity contribution is 5.94. The van der Waals surface area contributed by atoms with E-state index in [4.69, 9.17) is 4.74 Å². The van der Waals surface area contributed by atoms with E-state index in [2.05, 4.69) is 32.6 Å². The number of rotatable bonds is 4. The van der Waals surface area contributed by atoms with Crippen molar-refractivity contribution in [3.05, 3.63) is 78.8 Å². The van der Waals surface area contributed by atoms with Gasteiger partial charge in [0.05, 0.1) is 29.5 Å². The minimum atomic E-state index is 0.734. The number of hydrogen-bond acceptors (Lipinski definition) is 5. The zero-order valence-corrected chi connectivity index (χ0v) is 16.1. The van der Waals surface area contributed by atoms with Crippen LogP contribution in [-0.2, 0) is 0 Å². The predicted octanol–water partition coefficient (Wildman–Crippen LogP) is 5.03. The summed E-state index contributed by atoms with van der Waals surface area (Å²) in [4.78, 5) is 4.58. The zero-order chi connectivity index (χ0) is 19.8. The summed E-state index contributed by atoms with van der Waals surface area (Å²) in [6, 6.07) is 22.1. The molecular weight excluding hydrogens is 362 g/mol. The average molecular weight is 381 g/mol. The van der Waals surface area contributed by atoms with Crippen LogP contribution in [0.4, 0.5) is 11.5 Å². The minimum absolute atomic E-state index is 0.734. The first kappa shape index (κ1) is 17.2. The number of methoxy groups -OCH3 is 1. The van der Waals surface area contributed by atoms with Crippen molar-refractivity contribution in [2.45, 2.75) is 6.92 Å². The molecule has 0 saturated carbocycles. The molecule has 0 aliphatic carbocycles. The summed E-state index contributed by atoms with van der Waals surface area (Å²) >= 11 is 0. The molecule has 0 radical (unpaired) electrons. The van der Waals surface area contributed by atoms with Gasteiger partial charge in [-0.05, 0) is 37.3 Å². The van der Waals surface area contributed by atoms with Crippen LogP contribution >= 0.6 is 0 Å². The molecule has 0 amide bonds. The van der Waals surface area contributed by atoms with Crippen LogP contribution in [0, 0.1) is 6.92 Å². The first-order valence-corrected chi connectivity index (χ1v) is 9.33. The predicted molar refractivity (Wildman–Crippen MR) is 115 cm³/mol. The molecule has 2 heterocycles. The number of anilines is 2. The lowest BCUT2D eigenvalue weighted by molar-refractivity contribution is 0.414. The summed E-state index contributed by atoms with van der Waals surface area (Å²) in [5.74, 6) is 1.55. The summed E-state index contributed by atoms with van der Waals surface area (Å²) in [6.45, 7) is 1.97. The fourth-order valence-corrected chi connectivity index (χ4v) is 3.52. The van der Waals surface area contributed by atoms with Crippen LogP contribution in [0.5, 0.6) is 5.75 Å². The number of ether oxygens (including phenoxy) is 1. The molecule has 0 aliphatic rings. The molecule has 5 rings (SSSR count). The Morgan fingerprint density at radius 2 is 1.76 bits per heavy atom. The molecule has 6 nitrogen and oxygen atoms in total. The molecule has 0 bridgehead atoms. The van der Waals surface area contributed by atoms with Gasteiger partial charge in [-0.15, -0.1) is 5.10 Å². The van der Waals surface area contributed by atoms with Crippen molar-refractivity contribution in [2.24, 2.45) is 0 Å². The first-order valence-electron chi connectivity index (χ1n) is 9.33. The fraction of sp³-hybridized carbons (Fsp3) is 0.0870. The number of fused-ring (bicyclic) bond motifs is 2. The molecule has 0 unspecified atom stereocenters. The van der Waals surface area contributed by atoms with Crippen LogP contribution in [0.25, 0.3) is 27.5 Å². The van der Waals surface area contributed by atoms with Crippen molar-refractivity contribution in [3.63, 3.8) is 0 Å². The maximum atomic E-state index is 5.34. The number of aryl methyl sites for hydroxylation is 1. The number of aromatic nitrogens is 4. The second-order valence-corrected chi connectivity index (χ2v) is 6.82. The fourth-order valence-electron chi connectivity index (χ4n) is 3.52. The van der Waals surface area contributed by atoms with Gasteiger partial charge in [-0.25, -0.2) is 4.98 Å². The maximum absolute atomic E-state index is 5.34. The third-order valence-electron chi connectivity index (χ3n) is 5.01. The normalized spacial score (nSPS) is 11.1. The molecule has 1 N–H and O–H groups in total. The largest absolute Gasteiger partial charge is 0.497 e. The van der Waals surface area contributed by atoms with Gasteiger partial charge in [-0.1, -0.05) is 30.3 Å². The van der Waals surface area contributed by atoms with Crippen LogP contribution in [0.3, 0.4) is 0 Å². The summed E-state index contributed by atoms with van der Waals surface area (Å²) in [6.07, 6.45) is 1.82. The molecule has 3 aromatic carbocycles. The summed E-state index contributed by atoms with van der Waals surface area (Å²) in [5.41, 5.74) is 4.74. The first-order chi connectivity index (χ1) is 14.2. The molecule has 0 spiro atoms. The van der Waals surface area contributed by atoms with E-state index < -0.39 is 0 Å². The van der Waals surface area contributed by atoms with Crippen molar-refractivity contribution in [1.82, 2.24) is 19.7 Å². The summed E-state index contributed by atoms with van der Waals surface area (Å²) < 4.78 is 7.38. The lowest BCUT2D eigenvalue weighted by atomic mass is 10.1. The SMILES string of the molecule is COc1cccc(-n2cnc3cc(Nc4nnc(C)c5ccccc45)ccc32)c1. The summed E-state index contributed by atoms with van der Waals surface area (Å²) in [7, 11) is 1.67. The van der Waals surface area contributed by atoms with Gasteiger partial charge >= 0.3 is 0 Å². The number of hydrogen-bond donors (Lipinski definition) is 1. The van der Waals surface area contributed by atoms with E-state index in [0.29, 0.717) is 0 Å². The highest BCUT2D eigenvalue weighted by atomic mass is 16.5. The monoisotopic (exact) mass is 381 g/mol. The average Bonchev–Trinajstić information content (AvgIpc) is 3.19. The van der Waals surface area contributed by atoms with E-state index >= 15 is 0 Å². The Bertz CT molecular complexity index is 1340. The lowest BCUT2D eigenvalue weighted by Gasteiger charge is -2.10. The smallest absolute Gasteiger partial charge is 0.160 e. The molecule has 6 heteroatoms. The second-order valence-electron chi connectivity index (χ2n) is 6.82. The van der Waals surface area contributed by atoms with Crippen LogP contribution < -0.4 is 10.1 Å². The third-order valence-corrected chi connectivity index (χ3v) is 5.01. The molecule has 0 atom stereocenters. The van der Waals surface area contributed by atoms with Crippen LogP contribution in [0.15, 0.2) is 73.1 Å². The third kappa shape index (κ3) is 3.04. The van der Waals surface area contributed by atoms with Crippen LogP contribution in [0.1, 0.15) is 5.69 Å². The Balaban J connectivity index is 1.53. The second kappa shape index (κ2) is 6.91.